The fourth-order valence-electron chi connectivity index (χ4n) is 3.98. The summed E-state index contributed by atoms with van der Waals surface area (Å²) in [5.41, 5.74) is 2.66. The van der Waals surface area contributed by atoms with Gasteiger partial charge in [0.25, 0.3) is 10.0 Å². The van der Waals surface area contributed by atoms with Crippen molar-refractivity contribution in [2.45, 2.75) is 44.1 Å². The molecule has 1 aromatic heterocycles. The molecule has 2 heterocycles. The SMILES string of the molecule is COc1cc2c(cc1NS(=O)(=O)c1ccc(-c3ccc(Cl)s3)cc1)CCN(C(=O)OC(C)(C)C)CC2. The normalized spacial score (nSPS) is 14.1. The highest BCUT2D eigenvalue weighted by molar-refractivity contribution is 7.92. The minimum Gasteiger partial charge on any atom is -0.495 e. The van der Waals surface area contributed by atoms with Crippen molar-refractivity contribution < 1.29 is 22.7 Å². The lowest BCUT2D eigenvalue weighted by atomic mass is 10.0. The van der Waals surface area contributed by atoms with E-state index in [9.17, 15) is 13.2 Å². The molecule has 4 rings (SSSR count). The number of hydrogen-bond donors (Lipinski definition) is 1. The average Bonchev–Trinajstić information content (AvgIpc) is 3.13. The van der Waals surface area contributed by atoms with E-state index in [1.54, 1.807) is 35.2 Å². The van der Waals surface area contributed by atoms with Crippen LogP contribution in [0.25, 0.3) is 10.4 Å². The summed E-state index contributed by atoms with van der Waals surface area (Å²) >= 11 is 7.45. The van der Waals surface area contributed by atoms with Crippen molar-refractivity contribution in [3.63, 3.8) is 0 Å². The highest BCUT2D eigenvalue weighted by atomic mass is 35.5. The van der Waals surface area contributed by atoms with Gasteiger partial charge in [-0.05, 0) is 86.7 Å². The molecule has 192 valence electrons. The van der Waals surface area contributed by atoms with Crippen molar-refractivity contribution in [3.05, 3.63) is 64.0 Å². The van der Waals surface area contributed by atoms with Gasteiger partial charge < -0.3 is 14.4 Å². The highest BCUT2D eigenvalue weighted by Crippen LogP contribution is 2.34. The van der Waals surface area contributed by atoms with Gasteiger partial charge >= 0.3 is 6.09 Å². The molecule has 0 bridgehead atoms. The Kier molecular flexibility index (Phi) is 7.54. The van der Waals surface area contributed by atoms with Crippen LogP contribution in [0.3, 0.4) is 0 Å². The molecule has 0 atom stereocenters. The van der Waals surface area contributed by atoms with Crippen LogP contribution in [0.2, 0.25) is 4.34 Å². The fraction of sp³-hybridized carbons (Fsp3) is 0.346. The number of halogens is 1. The van der Waals surface area contributed by atoms with Crippen LogP contribution >= 0.6 is 22.9 Å². The van der Waals surface area contributed by atoms with Gasteiger partial charge in [-0.3, -0.25) is 4.72 Å². The van der Waals surface area contributed by atoms with Gasteiger partial charge in [-0.2, -0.15) is 0 Å². The van der Waals surface area contributed by atoms with E-state index in [1.165, 1.54) is 18.4 Å². The molecule has 0 radical (unpaired) electrons. The van der Waals surface area contributed by atoms with Crippen LogP contribution in [0.5, 0.6) is 5.75 Å². The summed E-state index contributed by atoms with van der Waals surface area (Å²) in [5.74, 6) is 0.424. The van der Waals surface area contributed by atoms with E-state index in [0.29, 0.717) is 41.7 Å². The van der Waals surface area contributed by atoms with E-state index in [-0.39, 0.29) is 11.0 Å². The Morgan fingerprint density at radius 3 is 2.22 bits per heavy atom. The summed E-state index contributed by atoms with van der Waals surface area (Å²) in [5, 5.41) is 0. The topological polar surface area (TPSA) is 84.9 Å². The van der Waals surface area contributed by atoms with Gasteiger partial charge in [-0.1, -0.05) is 23.7 Å². The summed E-state index contributed by atoms with van der Waals surface area (Å²) in [7, 11) is -2.35. The number of sulfonamides is 1. The first-order chi connectivity index (χ1) is 16.9. The minimum atomic E-state index is -3.86. The van der Waals surface area contributed by atoms with Crippen LogP contribution < -0.4 is 9.46 Å². The largest absolute Gasteiger partial charge is 0.495 e. The van der Waals surface area contributed by atoms with Gasteiger partial charge in [0.05, 0.1) is 22.0 Å². The Labute approximate surface area is 221 Å². The van der Waals surface area contributed by atoms with E-state index < -0.39 is 15.6 Å². The molecule has 0 aliphatic carbocycles. The van der Waals surface area contributed by atoms with Crippen molar-refractivity contribution in [1.29, 1.82) is 0 Å². The summed E-state index contributed by atoms with van der Waals surface area (Å²) < 4.78 is 40.7. The van der Waals surface area contributed by atoms with Crippen LogP contribution in [0.1, 0.15) is 31.9 Å². The number of thiophene rings is 1. The predicted molar refractivity (Wildman–Crippen MR) is 144 cm³/mol. The van der Waals surface area contributed by atoms with E-state index in [2.05, 4.69) is 4.72 Å². The molecule has 36 heavy (non-hydrogen) atoms. The number of anilines is 1. The molecule has 1 aliphatic rings. The molecule has 0 fully saturated rings. The fourth-order valence-corrected chi connectivity index (χ4v) is 6.09. The first-order valence-electron chi connectivity index (χ1n) is 11.5. The molecule has 1 aliphatic heterocycles. The van der Waals surface area contributed by atoms with Gasteiger partial charge in [0.1, 0.15) is 11.4 Å². The second-order valence-corrected chi connectivity index (χ2v) is 12.9. The van der Waals surface area contributed by atoms with Gasteiger partial charge in [0.15, 0.2) is 0 Å². The number of benzene rings is 2. The molecule has 0 saturated carbocycles. The summed E-state index contributed by atoms with van der Waals surface area (Å²) in [6.07, 6.45) is 0.842. The second kappa shape index (κ2) is 10.3. The van der Waals surface area contributed by atoms with Crippen LogP contribution in [0.4, 0.5) is 10.5 Å². The molecule has 0 saturated heterocycles. The van der Waals surface area contributed by atoms with E-state index in [4.69, 9.17) is 21.1 Å². The van der Waals surface area contributed by atoms with E-state index in [0.717, 1.165) is 21.6 Å². The Morgan fingerprint density at radius 1 is 1.03 bits per heavy atom. The maximum absolute atomic E-state index is 13.2. The second-order valence-electron chi connectivity index (χ2n) is 9.52. The minimum absolute atomic E-state index is 0.141. The Balaban J connectivity index is 1.54. The number of nitrogens with zero attached hydrogens (tertiary/aromatic N) is 1. The number of carbonyl (C=O) groups excluding carboxylic acids is 1. The Morgan fingerprint density at radius 2 is 1.67 bits per heavy atom. The monoisotopic (exact) mass is 548 g/mol. The first kappa shape index (κ1) is 26.3. The molecule has 3 aromatic rings. The van der Waals surface area contributed by atoms with Gasteiger partial charge in [-0.25, -0.2) is 13.2 Å². The Bertz CT molecular complexity index is 1360. The van der Waals surface area contributed by atoms with Crippen molar-refractivity contribution in [2.24, 2.45) is 0 Å². The Hall–Kier alpha value is -2.75. The number of ether oxygens (including phenoxy) is 2. The smallest absolute Gasteiger partial charge is 0.410 e. The number of amides is 1. The number of rotatable bonds is 5. The molecule has 1 amide bonds. The zero-order valence-corrected chi connectivity index (χ0v) is 23.0. The maximum Gasteiger partial charge on any atom is 0.410 e. The lowest BCUT2D eigenvalue weighted by Crippen LogP contribution is -2.38. The predicted octanol–water partition coefficient (Wildman–Crippen LogP) is 6.21. The third-order valence-electron chi connectivity index (χ3n) is 5.74. The van der Waals surface area contributed by atoms with Gasteiger partial charge in [0, 0.05) is 18.0 Å². The van der Waals surface area contributed by atoms with Crippen LogP contribution in [-0.2, 0) is 27.6 Å². The molecule has 10 heteroatoms. The first-order valence-corrected chi connectivity index (χ1v) is 14.2. The molecule has 0 spiro atoms. The van der Waals surface area contributed by atoms with Crippen molar-refractivity contribution in [1.82, 2.24) is 4.90 Å². The molecule has 0 unspecified atom stereocenters. The lowest BCUT2D eigenvalue weighted by molar-refractivity contribution is 0.0258. The van der Waals surface area contributed by atoms with Gasteiger partial charge in [0.2, 0.25) is 0 Å². The third kappa shape index (κ3) is 6.14. The van der Waals surface area contributed by atoms with Crippen LogP contribution in [0.15, 0.2) is 53.4 Å². The van der Waals surface area contributed by atoms with E-state index in [1.807, 2.05) is 39.0 Å². The summed E-state index contributed by atoms with van der Waals surface area (Å²) in [6.45, 7) is 6.51. The maximum atomic E-state index is 13.2. The van der Waals surface area contributed by atoms with Crippen molar-refractivity contribution >= 4 is 44.7 Å². The third-order valence-corrected chi connectivity index (χ3v) is 8.40. The average molecular weight is 549 g/mol. The quantitative estimate of drug-likeness (QED) is 0.409. The van der Waals surface area contributed by atoms with E-state index >= 15 is 0 Å². The van der Waals surface area contributed by atoms with Gasteiger partial charge in [-0.15, -0.1) is 11.3 Å². The summed E-state index contributed by atoms with van der Waals surface area (Å²) in [4.78, 5) is 15.3. The lowest BCUT2D eigenvalue weighted by Gasteiger charge is -2.26. The number of fused-ring (bicyclic) bond motifs is 1. The zero-order valence-electron chi connectivity index (χ0n) is 20.6. The molecule has 1 N–H and O–H groups in total. The summed E-state index contributed by atoms with van der Waals surface area (Å²) in [6, 6.07) is 14.0. The highest BCUT2D eigenvalue weighted by Gasteiger charge is 2.26. The van der Waals surface area contributed by atoms with Crippen LogP contribution in [0, 0.1) is 0 Å². The number of carbonyl (C=O) groups is 1. The van der Waals surface area contributed by atoms with Crippen molar-refractivity contribution in [3.8, 4) is 16.2 Å². The number of hydrogen-bond acceptors (Lipinski definition) is 6. The molecule has 7 nitrogen and oxygen atoms in total. The molecular formula is C26H29ClN2O5S2. The molecular weight excluding hydrogens is 520 g/mol. The molecule has 2 aromatic carbocycles. The van der Waals surface area contributed by atoms with Crippen LogP contribution in [-0.4, -0.2) is 45.2 Å². The number of methoxy groups -OCH3 is 1. The zero-order chi connectivity index (χ0) is 26.1. The van der Waals surface area contributed by atoms with Crippen molar-refractivity contribution in [2.75, 3.05) is 24.9 Å². The number of nitrogens with one attached hydrogen (secondary N) is 1. The standard InChI is InChI=1S/C26H29ClN2O5S2/c1-26(2,3)34-25(30)29-13-11-18-15-21(22(33-4)16-19(18)12-14-29)28-36(31,32)20-7-5-17(6-8-20)23-9-10-24(27)35-23/h5-10,15-16,28H,11-14H2,1-4H3.